The molecule has 2 atom stereocenters. The molecule has 0 spiro atoms. The summed E-state index contributed by atoms with van der Waals surface area (Å²) < 4.78 is 2.06. The molecule has 1 fully saturated rings. The first-order valence-electron chi connectivity index (χ1n) is 10.1. The van der Waals surface area contributed by atoms with E-state index in [1.807, 2.05) is 18.3 Å². The molecule has 1 aliphatic heterocycles. The number of carboxylic acid groups (broad SMARTS) is 1. The highest BCUT2D eigenvalue weighted by atomic mass is 16.4. The zero-order chi connectivity index (χ0) is 20.6. The lowest BCUT2D eigenvalue weighted by molar-refractivity contribution is -0.121. The minimum absolute atomic E-state index is 0.104. The first-order valence-corrected chi connectivity index (χ1v) is 10.1. The predicted molar refractivity (Wildman–Crippen MR) is 108 cm³/mol. The summed E-state index contributed by atoms with van der Waals surface area (Å²) in [4.78, 5) is 27.9. The van der Waals surface area contributed by atoms with Crippen LogP contribution in [0.25, 0.3) is 11.1 Å². The van der Waals surface area contributed by atoms with Crippen LogP contribution in [-0.4, -0.2) is 37.9 Å². The monoisotopic (exact) mass is 397 g/mol. The van der Waals surface area contributed by atoms with Crippen molar-refractivity contribution in [3.8, 4) is 11.1 Å². The molecule has 0 unspecified atom stereocenters. The van der Waals surface area contributed by atoms with Crippen LogP contribution in [0.2, 0.25) is 0 Å². The van der Waals surface area contributed by atoms with E-state index in [4.69, 9.17) is 5.11 Å². The van der Waals surface area contributed by atoms with Crippen LogP contribution in [0.4, 0.5) is 10.6 Å². The van der Waals surface area contributed by atoms with Crippen molar-refractivity contribution in [1.82, 2.24) is 20.1 Å². The highest BCUT2D eigenvalue weighted by Crippen LogP contribution is 2.37. The lowest BCUT2D eigenvalue weighted by Crippen LogP contribution is -2.40. The van der Waals surface area contributed by atoms with Gasteiger partial charge in [-0.15, -0.1) is 0 Å². The Bertz CT molecular complexity index is 936. The average molecular weight is 397 g/mol. The third-order valence-corrected chi connectivity index (χ3v) is 5.87. The van der Waals surface area contributed by atoms with Crippen molar-refractivity contribution in [2.24, 2.45) is 11.3 Å². The number of carbonyl (C=O) groups excluding carboxylic acids is 1. The molecular formula is C21H27N5O3. The van der Waals surface area contributed by atoms with Gasteiger partial charge in [0, 0.05) is 36.0 Å². The molecule has 0 aromatic carbocycles. The Morgan fingerprint density at radius 1 is 1.31 bits per heavy atom. The van der Waals surface area contributed by atoms with E-state index in [9.17, 15) is 9.59 Å². The average Bonchev–Trinajstić information content (AvgIpc) is 3.16. The maximum Gasteiger partial charge on any atom is 0.404 e. The summed E-state index contributed by atoms with van der Waals surface area (Å²) in [6, 6.07) is 3.65. The van der Waals surface area contributed by atoms with Gasteiger partial charge in [0.1, 0.15) is 5.82 Å². The lowest BCUT2D eigenvalue weighted by Gasteiger charge is -2.28. The second-order valence-electron chi connectivity index (χ2n) is 8.93. The van der Waals surface area contributed by atoms with Gasteiger partial charge in [-0.2, -0.15) is 5.10 Å². The van der Waals surface area contributed by atoms with Crippen molar-refractivity contribution in [3.63, 3.8) is 0 Å². The molecule has 2 amide bonds. The highest BCUT2D eigenvalue weighted by molar-refractivity contribution is 5.92. The number of pyridine rings is 1. The number of amides is 2. The molecule has 8 nitrogen and oxygen atoms in total. The first-order chi connectivity index (χ1) is 13.8. The zero-order valence-corrected chi connectivity index (χ0v) is 16.8. The molecule has 0 bridgehead atoms. The Hall–Kier alpha value is -2.90. The van der Waals surface area contributed by atoms with Crippen LogP contribution in [0, 0.1) is 11.3 Å². The number of fused-ring (bicyclic) bond motifs is 1. The number of nitrogens with one attached hydrogen (secondary N) is 2. The molecule has 154 valence electrons. The molecule has 2 aromatic rings. The van der Waals surface area contributed by atoms with E-state index < -0.39 is 6.09 Å². The number of anilines is 1. The summed E-state index contributed by atoms with van der Waals surface area (Å²) in [5.41, 5.74) is 3.48. The third-order valence-electron chi connectivity index (χ3n) is 5.87. The second kappa shape index (κ2) is 7.50. The maximum absolute atomic E-state index is 12.7. The Morgan fingerprint density at radius 2 is 2.14 bits per heavy atom. The summed E-state index contributed by atoms with van der Waals surface area (Å²) in [5.74, 6) is 0.193. The molecular weight excluding hydrogens is 370 g/mol. The molecule has 0 saturated heterocycles. The van der Waals surface area contributed by atoms with Crippen molar-refractivity contribution in [3.05, 3.63) is 30.2 Å². The van der Waals surface area contributed by atoms with E-state index in [2.05, 4.69) is 39.2 Å². The van der Waals surface area contributed by atoms with E-state index >= 15 is 0 Å². The molecule has 8 heteroatoms. The molecule has 2 aromatic heterocycles. The van der Waals surface area contributed by atoms with Gasteiger partial charge in [0.2, 0.25) is 5.91 Å². The van der Waals surface area contributed by atoms with E-state index in [0.717, 1.165) is 43.4 Å². The van der Waals surface area contributed by atoms with Gasteiger partial charge in [0.15, 0.2) is 0 Å². The summed E-state index contributed by atoms with van der Waals surface area (Å²) in [5, 5.41) is 18.9. The molecule has 1 aliphatic carbocycles. The molecule has 3 heterocycles. The van der Waals surface area contributed by atoms with Crippen LogP contribution in [0.1, 0.15) is 45.2 Å². The van der Waals surface area contributed by atoms with Gasteiger partial charge < -0.3 is 15.7 Å². The number of rotatable bonds is 4. The van der Waals surface area contributed by atoms with Gasteiger partial charge in [-0.3, -0.25) is 9.48 Å². The number of hydrogen-bond donors (Lipinski definition) is 3. The molecule has 0 radical (unpaired) electrons. The van der Waals surface area contributed by atoms with Crippen LogP contribution in [0.5, 0.6) is 0 Å². The van der Waals surface area contributed by atoms with Crippen LogP contribution in [0.3, 0.4) is 0 Å². The van der Waals surface area contributed by atoms with E-state index in [-0.39, 0.29) is 23.3 Å². The first kappa shape index (κ1) is 19.4. The predicted octanol–water partition coefficient (Wildman–Crippen LogP) is 3.29. The Labute approximate surface area is 169 Å². The smallest absolute Gasteiger partial charge is 0.404 e. The normalized spacial score (nSPS) is 22.7. The van der Waals surface area contributed by atoms with Crippen molar-refractivity contribution >= 4 is 17.8 Å². The summed E-state index contributed by atoms with van der Waals surface area (Å²) in [6.45, 7) is 5.38. The van der Waals surface area contributed by atoms with E-state index in [0.29, 0.717) is 12.2 Å². The maximum atomic E-state index is 12.7. The molecule has 3 N–H and O–H groups in total. The van der Waals surface area contributed by atoms with Gasteiger partial charge in [-0.1, -0.05) is 20.3 Å². The van der Waals surface area contributed by atoms with Gasteiger partial charge in [-0.05, 0) is 48.8 Å². The third kappa shape index (κ3) is 4.26. The Morgan fingerprint density at radius 3 is 2.93 bits per heavy atom. The number of carbonyl (C=O) groups is 2. The van der Waals surface area contributed by atoms with Crippen molar-refractivity contribution in [2.45, 2.75) is 58.5 Å². The Balaban J connectivity index is 1.46. The van der Waals surface area contributed by atoms with Crippen LogP contribution < -0.4 is 10.6 Å². The van der Waals surface area contributed by atoms with E-state index in [1.165, 1.54) is 5.69 Å². The fourth-order valence-electron chi connectivity index (χ4n) is 4.52. The number of hydrogen-bond acceptors (Lipinski definition) is 4. The van der Waals surface area contributed by atoms with E-state index in [1.54, 1.807) is 6.20 Å². The largest absolute Gasteiger partial charge is 0.465 e. The van der Waals surface area contributed by atoms with Gasteiger partial charge >= 0.3 is 6.09 Å². The summed E-state index contributed by atoms with van der Waals surface area (Å²) >= 11 is 0. The Kier molecular flexibility index (Phi) is 5.02. The highest BCUT2D eigenvalue weighted by Gasteiger charge is 2.32. The van der Waals surface area contributed by atoms with Crippen molar-refractivity contribution in [1.29, 1.82) is 0 Å². The summed E-state index contributed by atoms with van der Waals surface area (Å²) in [6.07, 6.45) is 6.38. The zero-order valence-electron chi connectivity index (χ0n) is 16.8. The van der Waals surface area contributed by atoms with Gasteiger partial charge in [0.25, 0.3) is 0 Å². The minimum atomic E-state index is -1.04. The van der Waals surface area contributed by atoms with Crippen molar-refractivity contribution < 1.29 is 14.7 Å². The second-order valence-corrected chi connectivity index (χ2v) is 8.93. The fourth-order valence-corrected chi connectivity index (χ4v) is 4.52. The fraction of sp³-hybridized carbons (Fsp3) is 0.524. The summed E-state index contributed by atoms with van der Waals surface area (Å²) in [7, 11) is 0. The minimum Gasteiger partial charge on any atom is -0.465 e. The SMILES string of the molecule is CC1(C)Cc2c(-c3ccnc(NC(=O)[C@H]4CCC[C@@H](NC(=O)O)C4)c3)cnn2C1. The van der Waals surface area contributed by atoms with Gasteiger partial charge in [-0.25, -0.2) is 9.78 Å². The number of aromatic nitrogens is 3. The molecule has 2 aliphatic rings. The topological polar surface area (TPSA) is 109 Å². The van der Waals surface area contributed by atoms with Crippen LogP contribution >= 0.6 is 0 Å². The lowest BCUT2D eigenvalue weighted by atomic mass is 9.85. The molecule has 29 heavy (non-hydrogen) atoms. The quantitative estimate of drug-likeness (QED) is 0.733. The molecule has 4 rings (SSSR count). The standard InChI is InChI=1S/C21H27N5O3/c1-21(2)10-17-16(11-23-26(17)12-21)13-6-7-22-18(9-13)25-19(27)14-4-3-5-15(8-14)24-20(28)29/h6-7,9,11,14-15,24H,3-5,8,10,12H2,1-2H3,(H,28,29)(H,22,25,27)/t14-,15+/m0/s1. The van der Waals surface area contributed by atoms with Gasteiger partial charge in [0.05, 0.1) is 6.20 Å². The van der Waals surface area contributed by atoms with Crippen LogP contribution in [-0.2, 0) is 17.8 Å². The number of nitrogens with zero attached hydrogens (tertiary/aromatic N) is 3. The van der Waals surface area contributed by atoms with Crippen molar-refractivity contribution in [2.75, 3.05) is 5.32 Å². The molecule has 1 saturated carbocycles. The van der Waals surface area contributed by atoms with Crippen LogP contribution in [0.15, 0.2) is 24.5 Å².